The van der Waals surface area contributed by atoms with Crippen LogP contribution in [0.2, 0.25) is 0 Å². The van der Waals surface area contributed by atoms with Crippen molar-refractivity contribution in [3.05, 3.63) is 0 Å². The molecule has 0 aromatic rings. The Bertz CT molecular complexity index is 87.8. The van der Waals surface area contributed by atoms with Crippen LogP contribution in [0.15, 0.2) is 0 Å². The van der Waals surface area contributed by atoms with Crippen molar-refractivity contribution in [3.63, 3.8) is 0 Å². The Morgan fingerprint density at radius 3 is 2.60 bits per heavy atom. The summed E-state index contributed by atoms with van der Waals surface area (Å²) in [5.41, 5.74) is 0. The van der Waals surface area contributed by atoms with Gasteiger partial charge in [0.2, 0.25) is 0 Å². The van der Waals surface area contributed by atoms with Gasteiger partial charge in [-0.15, -0.1) is 17.0 Å². The van der Waals surface area contributed by atoms with Crippen molar-refractivity contribution in [1.29, 1.82) is 5.41 Å². The molecule has 0 aromatic heterocycles. The topological polar surface area (TPSA) is 33.1 Å². The summed E-state index contributed by atoms with van der Waals surface area (Å²) in [6.45, 7) is 2.50. The summed E-state index contributed by atoms with van der Waals surface area (Å²) in [7, 11) is 0. The van der Waals surface area contributed by atoms with Gasteiger partial charge >= 0.3 is 0 Å². The fourth-order valence-electron chi connectivity index (χ4n) is 0.474. The summed E-state index contributed by atoms with van der Waals surface area (Å²) in [5.74, 6) is 0.400. The largest absolute Gasteiger partial charge is 0.481 e. The highest BCUT2D eigenvalue weighted by Gasteiger charge is 1.93. The third-order valence-corrected chi connectivity index (χ3v) is 1.42. The van der Waals surface area contributed by atoms with E-state index in [0.717, 1.165) is 18.2 Å². The van der Waals surface area contributed by atoms with Crippen molar-refractivity contribution in [3.8, 4) is 0 Å². The second kappa shape index (κ2) is 9.43. The first-order valence-electron chi connectivity index (χ1n) is 3.07. The molecule has 4 heteroatoms. The highest BCUT2D eigenvalue weighted by atomic mass is 79.9. The van der Waals surface area contributed by atoms with E-state index in [0.29, 0.717) is 12.5 Å². The molecular weight excluding hydrogens is 262 g/mol. The molecule has 0 saturated heterocycles. The van der Waals surface area contributed by atoms with E-state index in [9.17, 15) is 0 Å². The van der Waals surface area contributed by atoms with E-state index < -0.39 is 0 Å². The molecule has 0 unspecified atom stereocenters. The fraction of sp³-hybridized carbons (Fsp3) is 0.833. The number of ether oxygens (including phenoxy) is 1. The Balaban J connectivity index is 0. The first kappa shape index (κ1) is 13.1. The zero-order valence-corrected chi connectivity index (χ0v) is 9.32. The van der Waals surface area contributed by atoms with Crippen LogP contribution >= 0.6 is 32.9 Å². The van der Waals surface area contributed by atoms with Crippen molar-refractivity contribution < 1.29 is 4.74 Å². The Hall–Kier alpha value is 0.430. The van der Waals surface area contributed by atoms with E-state index >= 15 is 0 Å². The summed E-state index contributed by atoms with van der Waals surface area (Å²) in [6, 6.07) is 0. The van der Waals surface area contributed by atoms with Gasteiger partial charge in [0.25, 0.3) is 0 Å². The Kier molecular flexibility index (Phi) is 12.3. The minimum Gasteiger partial charge on any atom is -0.481 e. The molecule has 0 saturated carbocycles. The monoisotopic (exact) mass is 273 g/mol. The maximum Gasteiger partial charge on any atom is 0.180 e. The van der Waals surface area contributed by atoms with Crippen LogP contribution in [-0.2, 0) is 4.74 Å². The zero-order valence-electron chi connectivity index (χ0n) is 6.02. The zero-order chi connectivity index (χ0) is 7.11. The molecule has 0 bridgehead atoms. The van der Waals surface area contributed by atoms with E-state index in [1.165, 1.54) is 0 Å². The van der Waals surface area contributed by atoms with Crippen molar-refractivity contribution in [2.45, 2.75) is 19.8 Å². The second-order valence-electron chi connectivity index (χ2n) is 1.65. The fourth-order valence-corrected chi connectivity index (χ4v) is 0.754. The molecule has 1 N–H and O–H groups in total. The molecule has 0 aliphatic carbocycles. The highest BCUT2D eigenvalue weighted by Crippen LogP contribution is 1.95. The van der Waals surface area contributed by atoms with Crippen LogP contribution < -0.4 is 0 Å². The Morgan fingerprint density at radius 1 is 1.60 bits per heavy atom. The number of alkyl halides is 1. The SMILES string of the molecule is Br.CCOC(=N)CCCBr. The molecule has 62 valence electrons. The van der Waals surface area contributed by atoms with Gasteiger partial charge in [-0.25, -0.2) is 0 Å². The van der Waals surface area contributed by atoms with E-state index in [-0.39, 0.29) is 17.0 Å². The molecule has 0 aliphatic heterocycles. The lowest BCUT2D eigenvalue weighted by Gasteiger charge is -2.01. The van der Waals surface area contributed by atoms with Gasteiger partial charge in [-0.2, -0.15) is 0 Å². The molecular formula is C6H13Br2NO. The van der Waals surface area contributed by atoms with Crippen LogP contribution in [0, 0.1) is 5.41 Å². The molecule has 0 heterocycles. The van der Waals surface area contributed by atoms with Gasteiger partial charge in [0.15, 0.2) is 5.90 Å². The van der Waals surface area contributed by atoms with Crippen molar-refractivity contribution in [2.24, 2.45) is 0 Å². The van der Waals surface area contributed by atoms with Gasteiger partial charge < -0.3 is 4.74 Å². The standard InChI is InChI=1S/C6H12BrNO.BrH/c1-2-9-6(8)4-3-5-7;/h8H,2-5H2,1H3;1H. The van der Waals surface area contributed by atoms with Crippen LogP contribution in [0.4, 0.5) is 0 Å². The van der Waals surface area contributed by atoms with Gasteiger partial charge in [-0.3, -0.25) is 5.41 Å². The van der Waals surface area contributed by atoms with Gasteiger partial charge in [-0.1, -0.05) is 15.9 Å². The molecule has 0 aliphatic rings. The lowest BCUT2D eigenvalue weighted by atomic mass is 10.3. The summed E-state index contributed by atoms with van der Waals surface area (Å²) in [4.78, 5) is 0. The van der Waals surface area contributed by atoms with Crippen LogP contribution in [-0.4, -0.2) is 17.8 Å². The molecule has 10 heavy (non-hydrogen) atoms. The molecule has 0 rings (SSSR count). The summed E-state index contributed by atoms with van der Waals surface area (Å²) in [6.07, 6.45) is 1.73. The van der Waals surface area contributed by atoms with Crippen molar-refractivity contribution in [1.82, 2.24) is 0 Å². The maximum absolute atomic E-state index is 7.15. The average molecular weight is 275 g/mol. The number of hydrogen-bond acceptors (Lipinski definition) is 2. The van der Waals surface area contributed by atoms with Gasteiger partial charge in [-0.05, 0) is 13.3 Å². The molecule has 0 spiro atoms. The molecule has 0 fully saturated rings. The molecule has 0 atom stereocenters. The van der Waals surface area contributed by atoms with E-state index in [1.807, 2.05) is 6.92 Å². The molecule has 0 amide bonds. The van der Waals surface area contributed by atoms with Crippen LogP contribution in [0.5, 0.6) is 0 Å². The highest BCUT2D eigenvalue weighted by molar-refractivity contribution is 9.09. The second-order valence-corrected chi connectivity index (χ2v) is 2.44. The normalized spacial score (nSPS) is 8.20. The first-order valence-corrected chi connectivity index (χ1v) is 4.19. The maximum atomic E-state index is 7.15. The lowest BCUT2D eigenvalue weighted by molar-refractivity contribution is 0.314. The smallest absolute Gasteiger partial charge is 0.180 e. The van der Waals surface area contributed by atoms with Gasteiger partial charge in [0, 0.05) is 11.8 Å². The summed E-state index contributed by atoms with van der Waals surface area (Å²) < 4.78 is 4.91. The molecule has 0 radical (unpaired) electrons. The molecule has 2 nitrogen and oxygen atoms in total. The lowest BCUT2D eigenvalue weighted by Crippen LogP contribution is -2.02. The van der Waals surface area contributed by atoms with E-state index in [4.69, 9.17) is 10.1 Å². The van der Waals surface area contributed by atoms with E-state index in [2.05, 4.69) is 15.9 Å². The van der Waals surface area contributed by atoms with Crippen LogP contribution in [0.3, 0.4) is 0 Å². The average Bonchev–Trinajstić information content (AvgIpc) is 1.85. The predicted molar refractivity (Wildman–Crippen MR) is 52.7 cm³/mol. The number of rotatable bonds is 4. The quantitative estimate of drug-likeness (QED) is 0.477. The van der Waals surface area contributed by atoms with Gasteiger partial charge in [0.05, 0.1) is 6.61 Å². The van der Waals surface area contributed by atoms with Crippen molar-refractivity contribution in [2.75, 3.05) is 11.9 Å². The van der Waals surface area contributed by atoms with E-state index in [1.54, 1.807) is 0 Å². The van der Waals surface area contributed by atoms with Crippen LogP contribution in [0.25, 0.3) is 0 Å². The third-order valence-electron chi connectivity index (χ3n) is 0.856. The number of hydrogen-bond donors (Lipinski definition) is 1. The first-order chi connectivity index (χ1) is 4.31. The van der Waals surface area contributed by atoms with Crippen molar-refractivity contribution >= 4 is 38.8 Å². The Morgan fingerprint density at radius 2 is 2.20 bits per heavy atom. The van der Waals surface area contributed by atoms with Gasteiger partial charge in [0.1, 0.15) is 0 Å². The summed E-state index contributed by atoms with van der Waals surface area (Å²) >= 11 is 3.28. The third kappa shape index (κ3) is 8.43. The summed E-state index contributed by atoms with van der Waals surface area (Å²) in [5, 5.41) is 8.10. The minimum absolute atomic E-state index is 0. The number of halogens is 2. The minimum atomic E-state index is 0. The Labute approximate surface area is 80.7 Å². The van der Waals surface area contributed by atoms with Crippen LogP contribution in [0.1, 0.15) is 19.8 Å². The number of nitrogens with one attached hydrogen (secondary N) is 1. The predicted octanol–water partition coefficient (Wildman–Crippen LogP) is 2.75. The molecule has 0 aromatic carbocycles.